The lowest BCUT2D eigenvalue weighted by Gasteiger charge is -2.32. The van der Waals surface area contributed by atoms with Crippen LogP contribution >= 0.6 is 0 Å². The Kier molecular flexibility index (Phi) is 4.57. The maximum Gasteiger partial charge on any atom is 0.254 e. The van der Waals surface area contributed by atoms with Crippen molar-refractivity contribution >= 4 is 11.7 Å². The summed E-state index contributed by atoms with van der Waals surface area (Å²) < 4.78 is 0. The van der Waals surface area contributed by atoms with Crippen LogP contribution in [0.2, 0.25) is 0 Å². The Labute approximate surface area is 119 Å². The number of amides is 1. The quantitative estimate of drug-likeness (QED) is 0.633. The highest BCUT2D eigenvalue weighted by Gasteiger charge is 2.21. The normalized spacial score (nSPS) is 16.6. The fraction of sp³-hybridized carbons (Fsp3) is 0.571. The largest absolute Gasteiger partial charge is 0.336 e. The van der Waals surface area contributed by atoms with Crippen LogP contribution in [-0.4, -0.2) is 53.9 Å². The summed E-state index contributed by atoms with van der Waals surface area (Å²) in [6, 6.07) is 3.58. The number of hydrogen-bond acceptors (Lipinski definition) is 5. The topological polar surface area (TPSA) is 74.5 Å². The van der Waals surface area contributed by atoms with Crippen LogP contribution in [-0.2, 0) is 0 Å². The Hall–Kier alpha value is -1.66. The van der Waals surface area contributed by atoms with Crippen LogP contribution < -0.4 is 11.3 Å². The number of nitrogens with two attached hydrogens (primary N) is 1. The molecule has 0 aromatic carbocycles. The standard InChI is InChI=1S/C14H23N5O/c1-10(2)12-8-11(9-13(16-12)17-15)14(20)19-6-4-18(3)5-7-19/h8-10H,4-7,15H2,1-3H3,(H,16,17). The lowest BCUT2D eigenvalue weighted by atomic mass is 10.1. The molecule has 1 amide bonds. The van der Waals surface area contributed by atoms with Crippen molar-refractivity contribution < 1.29 is 4.79 Å². The van der Waals surface area contributed by atoms with Gasteiger partial charge in [-0.25, -0.2) is 10.8 Å². The zero-order chi connectivity index (χ0) is 14.7. The van der Waals surface area contributed by atoms with E-state index in [4.69, 9.17) is 5.84 Å². The molecule has 2 heterocycles. The van der Waals surface area contributed by atoms with Gasteiger partial charge in [-0.1, -0.05) is 13.8 Å². The van der Waals surface area contributed by atoms with Crippen LogP contribution in [0, 0.1) is 0 Å². The van der Waals surface area contributed by atoms with Crippen LogP contribution in [0.15, 0.2) is 12.1 Å². The number of carbonyl (C=O) groups excluding carboxylic acids is 1. The summed E-state index contributed by atoms with van der Waals surface area (Å²) in [6.07, 6.45) is 0. The molecule has 3 N–H and O–H groups in total. The number of piperazine rings is 1. The van der Waals surface area contributed by atoms with Gasteiger partial charge < -0.3 is 15.2 Å². The van der Waals surface area contributed by atoms with E-state index in [2.05, 4.69) is 22.4 Å². The van der Waals surface area contributed by atoms with Crippen LogP contribution in [0.4, 0.5) is 5.82 Å². The molecular formula is C14H23N5O. The van der Waals surface area contributed by atoms with Gasteiger partial charge in [0.2, 0.25) is 0 Å². The maximum absolute atomic E-state index is 12.6. The molecule has 0 spiro atoms. The monoisotopic (exact) mass is 277 g/mol. The molecule has 0 atom stereocenters. The van der Waals surface area contributed by atoms with Crippen molar-refractivity contribution in [3.05, 3.63) is 23.4 Å². The Morgan fingerprint density at radius 3 is 2.50 bits per heavy atom. The van der Waals surface area contributed by atoms with Gasteiger partial charge in [0, 0.05) is 37.4 Å². The predicted molar refractivity (Wildman–Crippen MR) is 79.5 cm³/mol. The van der Waals surface area contributed by atoms with E-state index in [1.165, 1.54) is 0 Å². The van der Waals surface area contributed by atoms with Crippen molar-refractivity contribution in [2.24, 2.45) is 5.84 Å². The molecule has 6 heteroatoms. The SMILES string of the molecule is CC(C)c1cc(C(=O)N2CCN(C)CC2)cc(NN)n1. The number of anilines is 1. The molecule has 1 fully saturated rings. The zero-order valence-electron chi connectivity index (χ0n) is 12.4. The Morgan fingerprint density at radius 1 is 1.30 bits per heavy atom. The average molecular weight is 277 g/mol. The van der Waals surface area contributed by atoms with Crippen molar-refractivity contribution in [2.45, 2.75) is 19.8 Å². The van der Waals surface area contributed by atoms with Crippen molar-refractivity contribution in [1.82, 2.24) is 14.8 Å². The van der Waals surface area contributed by atoms with E-state index in [-0.39, 0.29) is 11.8 Å². The van der Waals surface area contributed by atoms with Gasteiger partial charge in [0.15, 0.2) is 0 Å². The minimum absolute atomic E-state index is 0.0545. The third-order valence-electron chi connectivity index (χ3n) is 3.62. The number of hydrazine groups is 1. The molecular weight excluding hydrogens is 254 g/mol. The molecule has 0 radical (unpaired) electrons. The summed E-state index contributed by atoms with van der Waals surface area (Å²) in [7, 11) is 2.07. The van der Waals surface area contributed by atoms with Crippen LogP contribution in [0.1, 0.15) is 35.8 Å². The van der Waals surface area contributed by atoms with Gasteiger partial charge in [0.25, 0.3) is 5.91 Å². The van der Waals surface area contributed by atoms with E-state index >= 15 is 0 Å². The van der Waals surface area contributed by atoms with E-state index in [1.54, 1.807) is 6.07 Å². The number of rotatable bonds is 3. The number of nitrogen functional groups attached to an aromatic ring is 1. The van der Waals surface area contributed by atoms with Crippen molar-refractivity contribution in [3.63, 3.8) is 0 Å². The molecule has 0 saturated carbocycles. The minimum atomic E-state index is 0.0545. The van der Waals surface area contributed by atoms with Gasteiger partial charge in [-0.15, -0.1) is 0 Å². The third kappa shape index (κ3) is 3.26. The molecule has 1 aromatic rings. The minimum Gasteiger partial charge on any atom is -0.336 e. The fourth-order valence-electron chi connectivity index (χ4n) is 2.24. The Bertz CT molecular complexity index is 480. The van der Waals surface area contributed by atoms with Gasteiger partial charge in [0.05, 0.1) is 0 Å². The number of nitrogens with one attached hydrogen (secondary N) is 1. The summed E-state index contributed by atoms with van der Waals surface area (Å²) in [5.74, 6) is 6.28. The molecule has 1 saturated heterocycles. The van der Waals surface area contributed by atoms with E-state index < -0.39 is 0 Å². The first-order chi connectivity index (χ1) is 9.51. The second-order valence-electron chi connectivity index (χ2n) is 5.56. The first-order valence-electron chi connectivity index (χ1n) is 6.97. The molecule has 110 valence electrons. The number of aromatic nitrogens is 1. The van der Waals surface area contributed by atoms with Crippen LogP contribution in [0.5, 0.6) is 0 Å². The molecule has 0 aliphatic carbocycles. The molecule has 2 rings (SSSR count). The highest BCUT2D eigenvalue weighted by molar-refractivity contribution is 5.95. The highest BCUT2D eigenvalue weighted by Crippen LogP contribution is 2.19. The summed E-state index contributed by atoms with van der Waals surface area (Å²) in [6.45, 7) is 7.45. The lowest BCUT2D eigenvalue weighted by Crippen LogP contribution is -2.47. The summed E-state index contributed by atoms with van der Waals surface area (Å²) in [4.78, 5) is 21.0. The summed E-state index contributed by atoms with van der Waals surface area (Å²) in [5.41, 5.74) is 4.06. The second-order valence-corrected chi connectivity index (χ2v) is 5.56. The molecule has 0 unspecified atom stereocenters. The van der Waals surface area contributed by atoms with Gasteiger partial charge in [-0.3, -0.25) is 4.79 Å². The molecule has 6 nitrogen and oxygen atoms in total. The highest BCUT2D eigenvalue weighted by atomic mass is 16.2. The average Bonchev–Trinajstić information content (AvgIpc) is 2.46. The van der Waals surface area contributed by atoms with E-state index in [9.17, 15) is 4.79 Å². The van der Waals surface area contributed by atoms with Gasteiger partial charge >= 0.3 is 0 Å². The Morgan fingerprint density at radius 2 is 1.95 bits per heavy atom. The number of nitrogens with zero attached hydrogens (tertiary/aromatic N) is 3. The van der Waals surface area contributed by atoms with Crippen molar-refractivity contribution in [3.8, 4) is 0 Å². The first-order valence-corrected chi connectivity index (χ1v) is 6.97. The number of hydrogen-bond donors (Lipinski definition) is 2. The van der Waals surface area contributed by atoms with E-state index in [0.717, 1.165) is 31.9 Å². The third-order valence-corrected chi connectivity index (χ3v) is 3.62. The smallest absolute Gasteiger partial charge is 0.254 e. The zero-order valence-corrected chi connectivity index (χ0v) is 12.4. The van der Waals surface area contributed by atoms with Gasteiger partial charge in [0.1, 0.15) is 5.82 Å². The van der Waals surface area contributed by atoms with Crippen LogP contribution in [0.3, 0.4) is 0 Å². The molecule has 20 heavy (non-hydrogen) atoms. The number of likely N-dealkylation sites (N-methyl/N-ethyl adjacent to an activating group) is 1. The molecule has 1 aliphatic heterocycles. The molecule has 0 bridgehead atoms. The fourth-order valence-corrected chi connectivity index (χ4v) is 2.24. The van der Waals surface area contributed by atoms with Gasteiger partial charge in [-0.05, 0) is 25.1 Å². The molecule has 1 aromatic heterocycles. The number of pyridine rings is 1. The second kappa shape index (κ2) is 6.19. The van der Waals surface area contributed by atoms with Crippen molar-refractivity contribution in [1.29, 1.82) is 0 Å². The summed E-state index contributed by atoms with van der Waals surface area (Å²) >= 11 is 0. The van der Waals surface area contributed by atoms with Crippen LogP contribution in [0.25, 0.3) is 0 Å². The maximum atomic E-state index is 12.6. The summed E-state index contributed by atoms with van der Waals surface area (Å²) in [5, 5.41) is 0. The molecule has 1 aliphatic rings. The Balaban J connectivity index is 2.22. The van der Waals surface area contributed by atoms with E-state index in [1.807, 2.05) is 24.8 Å². The predicted octanol–water partition coefficient (Wildman–Crippen LogP) is 0.878. The van der Waals surface area contributed by atoms with E-state index in [0.29, 0.717) is 11.4 Å². The first kappa shape index (κ1) is 14.7. The van der Waals surface area contributed by atoms with Gasteiger partial charge in [-0.2, -0.15) is 0 Å². The van der Waals surface area contributed by atoms with Crippen molar-refractivity contribution in [2.75, 3.05) is 38.7 Å². The lowest BCUT2D eigenvalue weighted by molar-refractivity contribution is 0.0664. The number of carbonyl (C=O) groups is 1.